The summed E-state index contributed by atoms with van der Waals surface area (Å²) in [7, 11) is 1.88. The van der Waals surface area contributed by atoms with Crippen LogP contribution in [0.15, 0.2) is 36.7 Å². The lowest BCUT2D eigenvalue weighted by molar-refractivity contribution is 0.923. The van der Waals surface area contributed by atoms with Gasteiger partial charge in [-0.3, -0.25) is 0 Å². The van der Waals surface area contributed by atoms with E-state index in [4.69, 9.17) is 5.73 Å². The molecule has 0 saturated carbocycles. The van der Waals surface area contributed by atoms with E-state index in [-0.39, 0.29) is 0 Å². The number of hydrogen-bond donors (Lipinski definition) is 2. The van der Waals surface area contributed by atoms with Crippen LogP contribution in [0.25, 0.3) is 11.2 Å². The van der Waals surface area contributed by atoms with Crippen molar-refractivity contribution in [3.05, 3.63) is 42.2 Å². The molecule has 2 heterocycles. The summed E-state index contributed by atoms with van der Waals surface area (Å²) in [6.45, 7) is 0.757. The van der Waals surface area contributed by atoms with E-state index in [0.717, 1.165) is 18.6 Å². The van der Waals surface area contributed by atoms with Crippen LogP contribution >= 0.6 is 0 Å². The van der Waals surface area contributed by atoms with Crippen LogP contribution in [0.1, 0.15) is 5.56 Å². The first kappa shape index (κ1) is 12.4. The lowest BCUT2D eigenvalue weighted by Crippen LogP contribution is -2.09. The van der Waals surface area contributed by atoms with Gasteiger partial charge in [-0.15, -0.1) is 0 Å². The predicted octanol–water partition coefficient (Wildman–Crippen LogP) is 1.60. The minimum absolute atomic E-state index is 0.401. The van der Waals surface area contributed by atoms with Crippen LogP contribution in [-0.2, 0) is 13.5 Å². The van der Waals surface area contributed by atoms with E-state index in [2.05, 4.69) is 32.4 Å². The highest BCUT2D eigenvalue weighted by molar-refractivity contribution is 5.82. The average Bonchev–Trinajstić information content (AvgIpc) is 2.82. The molecular formula is C14H16N6. The van der Waals surface area contributed by atoms with Crippen LogP contribution < -0.4 is 11.1 Å². The summed E-state index contributed by atoms with van der Waals surface area (Å²) >= 11 is 0. The normalized spacial score (nSPS) is 10.8. The van der Waals surface area contributed by atoms with Gasteiger partial charge in [0.05, 0.1) is 6.33 Å². The highest BCUT2D eigenvalue weighted by Crippen LogP contribution is 2.16. The minimum Gasteiger partial charge on any atom is -0.382 e. The molecule has 0 saturated heterocycles. The van der Waals surface area contributed by atoms with Crippen LogP contribution in [0, 0.1) is 0 Å². The molecule has 3 aromatic rings. The molecule has 0 fully saturated rings. The lowest BCUT2D eigenvalue weighted by Gasteiger charge is -2.06. The molecule has 0 amide bonds. The van der Waals surface area contributed by atoms with Crippen molar-refractivity contribution < 1.29 is 0 Å². The molecule has 0 aliphatic rings. The molecule has 6 nitrogen and oxygen atoms in total. The zero-order valence-corrected chi connectivity index (χ0v) is 11.2. The molecule has 0 aliphatic heterocycles. The smallest absolute Gasteiger partial charge is 0.226 e. The van der Waals surface area contributed by atoms with Crippen molar-refractivity contribution >= 4 is 22.9 Å². The van der Waals surface area contributed by atoms with Crippen LogP contribution in [0.5, 0.6) is 0 Å². The fraction of sp³-hybridized carbons (Fsp3) is 0.214. The number of hydrogen-bond acceptors (Lipinski definition) is 5. The third-order valence-electron chi connectivity index (χ3n) is 3.13. The van der Waals surface area contributed by atoms with Crippen molar-refractivity contribution in [2.75, 3.05) is 17.6 Å². The van der Waals surface area contributed by atoms with Gasteiger partial charge < -0.3 is 15.6 Å². The maximum Gasteiger partial charge on any atom is 0.226 e. The van der Waals surface area contributed by atoms with Gasteiger partial charge in [-0.25, -0.2) is 4.98 Å². The Bertz CT molecular complexity index is 719. The first-order valence-corrected chi connectivity index (χ1v) is 6.46. The molecule has 0 spiro atoms. The quantitative estimate of drug-likeness (QED) is 0.751. The summed E-state index contributed by atoms with van der Waals surface area (Å²) < 4.78 is 1.83. The number of aryl methyl sites for hydroxylation is 1. The fourth-order valence-electron chi connectivity index (χ4n) is 2.07. The number of nitrogens with zero attached hydrogens (tertiary/aromatic N) is 4. The third kappa shape index (κ3) is 2.40. The molecule has 20 heavy (non-hydrogen) atoms. The molecule has 0 unspecified atom stereocenters. The van der Waals surface area contributed by atoms with Crippen molar-refractivity contribution in [2.24, 2.45) is 7.05 Å². The molecule has 1 aromatic carbocycles. The number of nitrogen functional groups attached to an aromatic ring is 1. The Morgan fingerprint density at radius 1 is 1.20 bits per heavy atom. The summed E-state index contributed by atoms with van der Waals surface area (Å²) in [6.07, 6.45) is 2.59. The van der Waals surface area contributed by atoms with Crippen molar-refractivity contribution in [2.45, 2.75) is 6.42 Å². The standard InChI is InChI=1S/C14H16N6/c1-20-9-17-11-12(15)18-14(19-13(11)20)16-8-7-10-5-3-2-4-6-10/h2-6,9H,7-8H2,1H3,(H3,15,16,18,19). The van der Waals surface area contributed by atoms with Gasteiger partial charge in [-0.2, -0.15) is 9.97 Å². The van der Waals surface area contributed by atoms with Gasteiger partial charge in [-0.05, 0) is 12.0 Å². The molecule has 0 aliphatic carbocycles. The van der Waals surface area contributed by atoms with Crippen LogP contribution in [0.4, 0.5) is 11.8 Å². The molecule has 6 heteroatoms. The molecule has 0 radical (unpaired) electrons. The maximum atomic E-state index is 5.89. The number of rotatable bonds is 4. The summed E-state index contributed by atoms with van der Waals surface area (Å²) in [4.78, 5) is 12.8. The fourth-order valence-corrected chi connectivity index (χ4v) is 2.07. The second-order valence-electron chi connectivity index (χ2n) is 4.62. The van der Waals surface area contributed by atoms with Crippen LogP contribution in [-0.4, -0.2) is 26.1 Å². The summed E-state index contributed by atoms with van der Waals surface area (Å²) in [6, 6.07) is 10.3. The Morgan fingerprint density at radius 2 is 2.00 bits per heavy atom. The van der Waals surface area contributed by atoms with Crippen molar-refractivity contribution in [1.82, 2.24) is 19.5 Å². The van der Waals surface area contributed by atoms with Crippen molar-refractivity contribution in [3.8, 4) is 0 Å². The van der Waals surface area contributed by atoms with Gasteiger partial charge in [0.15, 0.2) is 11.5 Å². The van der Waals surface area contributed by atoms with Crippen LogP contribution in [0.3, 0.4) is 0 Å². The zero-order chi connectivity index (χ0) is 13.9. The highest BCUT2D eigenvalue weighted by atomic mass is 15.2. The Labute approximate surface area is 116 Å². The van der Waals surface area contributed by atoms with E-state index in [1.807, 2.05) is 29.8 Å². The molecule has 3 N–H and O–H groups in total. The number of imidazole rings is 1. The Balaban J connectivity index is 1.73. The number of benzene rings is 1. The number of nitrogens with two attached hydrogens (primary N) is 1. The largest absolute Gasteiger partial charge is 0.382 e. The number of anilines is 2. The summed E-state index contributed by atoms with van der Waals surface area (Å²) in [5.41, 5.74) is 8.53. The first-order valence-electron chi connectivity index (χ1n) is 6.46. The van der Waals surface area contributed by atoms with Gasteiger partial charge in [0.1, 0.15) is 5.52 Å². The average molecular weight is 268 g/mol. The predicted molar refractivity (Wildman–Crippen MR) is 79.4 cm³/mol. The minimum atomic E-state index is 0.401. The van der Waals surface area contributed by atoms with E-state index in [0.29, 0.717) is 17.3 Å². The molecular weight excluding hydrogens is 252 g/mol. The second-order valence-corrected chi connectivity index (χ2v) is 4.62. The van der Waals surface area contributed by atoms with E-state index >= 15 is 0 Å². The van der Waals surface area contributed by atoms with Crippen molar-refractivity contribution in [1.29, 1.82) is 0 Å². The van der Waals surface area contributed by atoms with E-state index in [1.54, 1.807) is 6.33 Å². The van der Waals surface area contributed by atoms with Crippen LogP contribution in [0.2, 0.25) is 0 Å². The first-order chi connectivity index (χ1) is 9.74. The Kier molecular flexibility index (Phi) is 3.20. The SMILES string of the molecule is Cn1cnc2c(N)nc(NCCc3ccccc3)nc21. The van der Waals surface area contributed by atoms with E-state index < -0.39 is 0 Å². The Hall–Kier alpha value is -2.63. The topological polar surface area (TPSA) is 81.7 Å². The molecule has 0 bridgehead atoms. The Morgan fingerprint density at radius 3 is 2.80 bits per heavy atom. The molecule has 3 rings (SSSR count). The van der Waals surface area contributed by atoms with Crippen molar-refractivity contribution in [3.63, 3.8) is 0 Å². The number of nitrogens with one attached hydrogen (secondary N) is 1. The van der Waals surface area contributed by atoms with Gasteiger partial charge in [0.2, 0.25) is 5.95 Å². The zero-order valence-electron chi connectivity index (χ0n) is 11.2. The molecule has 2 aromatic heterocycles. The van der Waals surface area contributed by atoms with E-state index in [1.165, 1.54) is 5.56 Å². The van der Waals surface area contributed by atoms with Gasteiger partial charge in [0.25, 0.3) is 0 Å². The monoisotopic (exact) mass is 268 g/mol. The molecule has 102 valence electrons. The summed E-state index contributed by atoms with van der Waals surface area (Å²) in [5, 5.41) is 3.20. The third-order valence-corrected chi connectivity index (χ3v) is 3.13. The number of aromatic nitrogens is 4. The number of fused-ring (bicyclic) bond motifs is 1. The van der Waals surface area contributed by atoms with Gasteiger partial charge in [-0.1, -0.05) is 30.3 Å². The van der Waals surface area contributed by atoms with Gasteiger partial charge >= 0.3 is 0 Å². The summed E-state index contributed by atoms with van der Waals surface area (Å²) in [5.74, 6) is 0.937. The van der Waals surface area contributed by atoms with Gasteiger partial charge in [0, 0.05) is 13.6 Å². The lowest BCUT2D eigenvalue weighted by atomic mass is 10.1. The van der Waals surface area contributed by atoms with E-state index in [9.17, 15) is 0 Å². The maximum absolute atomic E-state index is 5.89. The highest BCUT2D eigenvalue weighted by Gasteiger charge is 2.08. The second kappa shape index (κ2) is 5.16. The molecule has 0 atom stereocenters.